The van der Waals surface area contributed by atoms with Gasteiger partial charge in [0.2, 0.25) is 0 Å². The van der Waals surface area contributed by atoms with Gasteiger partial charge in [-0.25, -0.2) is 4.57 Å². The number of carbonyl (C=O) groups is 1. The molecule has 68 valence electrons. The van der Waals surface area contributed by atoms with Gasteiger partial charge >= 0.3 is 7.82 Å². The zero-order chi connectivity index (χ0) is 9.49. The molecule has 0 aromatic carbocycles. The molecule has 6 nitrogen and oxygen atoms in total. The molecular formula is C4H11O6P. The smallest absolute Gasteiger partial charge is 0.393 e. The minimum Gasteiger partial charge on any atom is -0.393 e. The van der Waals surface area contributed by atoms with Crippen molar-refractivity contribution in [2.45, 2.75) is 19.4 Å². The van der Waals surface area contributed by atoms with Gasteiger partial charge in [0.1, 0.15) is 6.29 Å². The van der Waals surface area contributed by atoms with Crippen LogP contribution < -0.4 is 0 Å². The second-order valence-corrected chi connectivity index (χ2v) is 2.79. The summed E-state index contributed by atoms with van der Waals surface area (Å²) < 4.78 is 8.88. The van der Waals surface area contributed by atoms with Crippen LogP contribution in [-0.4, -0.2) is 32.2 Å². The second-order valence-electron chi connectivity index (χ2n) is 1.76. The van der Waals surface area contributed by atoms with E-state index < -0.39 is 13.9 Å². The van der Waals surface area contributed by atoms with Gasteiger partial charge in [-0.1, -0.05) is 0 Å². The van der Waals surface area contributed by atoms with Crippen molar-refractivity contribution in [3.8, 4) is 0 Å². The fraction of sp³-hybridized carbons (Fsp3) is 0.750. The molecule has 0 saturated carbocycles. The average Bonchev–Trinajstić information content (AvgIpc) is 1.58. The van der Waals surface area contributed by atoms with Gasteiger partial charge in [0.15, 0.2) is 0 Å². The summed E-state index contributed by atoms with van der Waals surface area (Å²) in [6.45, 7) is 1.58. The molecule has 0 bridgehead atoms. The monoisotopic (exact) mass is 186 g/mol. The lowest BCUT2D eigenvalue weighted by Crippen LogP contribution is -1.97. The molecule has 0 rings (SSSR count). The summed E-state index contributed by atoms with van der Waals surface area (Å²) in [6.07, 6.45) is 0.479. The van der Waals surface area contributed by atoms with Crippen molar-refractivity contribution in [3.05, 3.63) is 0 Å². The van der Waals surface area contributed by atoms with Gasteiger partial charge in [-0.15, -0.1) is 0 Å². The van der Waals surface area contributed by atoms with Gasteiger partial charge < -0.3 is 24.6 Å². The zero-order valence-electron chi connectivity index (χ0n) is 5.91. The van der Waals surface area contributed by atoms with Gasteiger partial charge in [0.05, 0.1) is 6.10 Å². The first-order chi connectivity index (χ1) is 4.77. The van der Waals surface area contributed by atoms with E-state index >= 15 is 0 Å². The highest BCUT2D eigenvalue weighted by molar-refractivity contribution is 7.45. The molecule has 0 saturated heterocycles. The first kappa shape index (κ1) is 13.3. The van der Waals surface area contributed by atoms with Crippen molar-refractivity contribution in [2.75, 3.05) is 0 Å². The third-order valence-corrected chi connectivity index (χ3v) is 0.437. The second kappa shape index (κ2) is 6.45. The predicted molar refractivity (Wildman–Crippen MR) is 36.6 cm³/mol. The van der Waals surface area contributed by atoms with Crippen LogP contribution in [0.3, 0.4) is 0 Å². The summed E-state index contributed by atoms with van der Waals surface area (Å²) in [5.41, 5.74) is 0. The Labute approximate surface area is 63.7 Å². The van der Waals surface area contributed by atoms with Gasteiger partial charge in [-0.05, 0) is 6.92 Å². The molecule has 0 heterocycles. The standard InChI is InChI=1S/C4H8O2.H3O4P/c1-4(6)2-3-5;1-5(2,3)4/h3-4,6H,2H2,1H3;(H3,1,2,3,4). The van der Waals surface area contributed by atoms with Crippen LogP contribution in [-0.2, 0) is 9.36 Å². The quantitative estimate of drug-likeness (QED) is 0.325. The molecule has 0 aromatic rings. The molecule has 0 aliphatic heterocycles. The largest absolute Gasteiger partial charge is 0.466 e. The van der Waals surface area contributed by atoms with E-state index in [0.717, 1.165) is 0 Å². The first-order valence-corrected chi connectivity index (χ1v) is 4.24. The summed E-state index contributed by atoms with van der Waals surface area (Å²) in [5, 5.41) is 8.32. The summed E-state index contributed by atoms with van der Waals surface area (Å²) in [7, 11) is -4.64. The van der Waals surface area contributed by atoms with Crippen LogP contribution in [0.15, 0.2) is 0 Å². The van der Waals surface area contributed by atoms with Crippen molar-refractivity contribution >= 4 is 14.1 Å². The van der Waals surface area contributed by atoms with E-state index in [1.54, 1.807) is 6.92 Å². The van der Waals surface area contributed by atoms with E-state index in [-0.39, 0.29) is 6.42 Å². The molecule has 4 N–H and O–H groups in total. The first-order valence-electron chi connectivity index (χ1n) is 2.67. The number of hydrogen-bond donors (Lipinski definition) is 4. The third-order valence-electron chi connectivity index (χ3n) is 0.437. The molecule has 11 heavy (non-hydrogen) atoms. The maximum Gasteiger partial charge on any atom is 0.466 e. The number of rotatable bonds is 2. The van der Waals surface area contributed by atoms with Gasteiger partial charge in [0, 0.05) is 6.42 Å². The van der Waals surface area contributed by atoms with Gasteiger partial charge in [0.25, 0.3) is 0 Å². The van der Waals surface area contributed by atoms with Crippen LogP contribution in [0.25, 0.3) is 0 Å². The van der Waals surface area contributed by atoms with E-state index in [1.165, 1.54) is 0 Å². The van der Waals surface area contributed by atoms with E-state index in [4.69, 9.17) is 24.4 Å². The Bertz CT molecular complexity index is 129. The van der Waals surface area contributed by atoms with Crippen molar-refractivity contribution in [1.29, 1.82) is 0 Å². The topological polar surface area (TPSA) is 115 Å². The van der Waals surface area contributed by atoms with Crippen molar-refractivity contribution in [1.82, 2.24) is 0 Å². The maximum atomic E-state index is 9.46. The Morgan fingerprint density at radius 2 is 1.73 bits per heavy atom. The van der Waals surface area contributed by atoms with Crippen LogP contribution in [0.5, 0.6) is 0 Å². The van der Waals surface area contributed by atoms with Gasteiger partial charge in [-0.3, -0.25) is 0 Å². The fourth-order valence-corrected chi connectivity index (χ4v) is 0.139. The molecule has 0 fully saturated rings. The summed E-state index contributed by atoms with van der Waals surface area (Å²) in [6, 6.07) is 0. The molecule has 0 aliphatic rings. The van der Waals surface area contributed by atoms with Crippen molar-refractivity contribution in [3.63, 3.8) is 0 Å². The maximum absolute atomic E-state index is 9.46. The van der Waals surface area contributed by atoms with E-state index in [0.29, 0.717) is 6.29 Å². The SMILES string of the molecule is CC(O)CC=O.O=P(O)(O)O. The van der Waals surface area contributed by atoms with E-state index in [9.17, 15) is 4.79 Å². The average molecular weight is 186 g/mol. The lowest BCUT2D eigenvalue weighted by molar-refractivity contribution is -0.109. The van der Waals surface area contributed by atoms with Crippen LogP contribution in [0.2, 0.25) is 0 Å². The van der Waals surface area contributed by atoms with Crippen LogP contribution >= 0.6 is 7.82 Å². The molecule has 0 spiro atoms. The van der Waals surface area contributed by atoms with Crippen LogP contribution in [0.1, 0.15) is 13.3 Å². The van der Waals surface area contributed by atoms with Crippen molar-refractivity contribution in [2.24, 2.45) is 0 Å². The highest BCUT2D eigenvalue weighted by Gasteiger charge is 2.00. The number of hydrogen-bond acceptors (Lipinski definition) is 3. The fourth-order valence-electron chi connectivity index (χ4n) is 0.139. The molecule has 0 radical (unpaired) electrons. The minimum absolute atomic E-state index is 0.250. The van der Waals surface area contributed by atoms with E-state index in [2.05, 4.69) is 0 Å². The highest BCUT2D eigenvalue weighted by atomic mass is 31.2. The lowest BCUT2D eigenvalue weighted by atomic mass is 10.3. The summed E-state index contributed by atoms with van der Waals surface area (Å²) in [5.74, 6) is 0. The molecule has 7 heteroatoms. The Kier molecular flexibility index (Phi) is 7.82. The summed E-state index contributed by atoms with van der Waals surface area (Å²) >= 11 is 0. The Morgan fingerprint density at radius 3 is 1.73 bits per heavy atom. The number of aliphatic hydroxyl groups excluding tert-OH is 1. The molecule has 0 aliphatic carbocycles. The molecule has 0 aromatic heterocycles. The third kappa shape index (κ3) is 77.7. The number of carbonyl (C=O) groups excluding carboxylic acids is 1. The normalized spacial score (nSPS) is 12.8. The van der Waals surface area contributed by atoms with Crippen LogP contribution in [0, 0.1) is 0 Å². The number of phosphoric acid groups is 1. The summed E-state index contributed by atoms with van der Waals surface area (Å²) in [4.78, 5) is 31.0. The highest BCUT2D eigenvalue weighted by Crippen LogP contribution is 2.25. The van der Waals surface area contributed by atoms with Crippen molar-refractivity contribution < 1.29 is 29.1 Å². The molecule has 1 unspecified atom stereocenters. The molecular weight excluding hydrogens is 175 g/mol. The minimum atomic E-state index is -4.64. The Hall–Kier alpha value is -0.260. The number of aldehydes is 1. The van der Waals surface area contributed by atoms with E-state index in [1.807, 2.05) is 0 Å². The Balaban J connectivity index is 0. The predicted octanol–water partition coefficient (Wildman–Crippen LogP) is -0.972. The molecule has 0 amide bonds. The lowest BCUT2D eigenvalue weighted by Gasteiger charge is -1.89. The molecule has 1 atom stereocenters. The van der Waals surface area contributed by atoms with Crippen LogP contribution in [0.4, 0.5) is 0 Å². The Morgan fingerprint density at radius 1 is 1.45 bits per heavy atom. The van der Waals surface area contributed by atoms with Gasteiger partial charge in [-0.2, -0.15) is 0 Å². The number of aliphatic hydroxyl groups is 1. The zero-order valence-corrected chi connectivity index (χ0v) is 6.81.